The maximum atomic E-state index is 5.39. The Labute approximate surface area is 167 Å². The van der Waals surface area contributed by atoms with Gasteiger partial charge in [0.15, 0.2) is 0 Å². The van der Waals surface area contributed by atoms with Gasteiger partial charge < -0.3 is 15.4 Å². The Morgan fingerprint density at radius 1 is 1.17 bits per heavy atom. The average molecular weight is 387 g/mol. The van der Waals surface area contributed by atoms with Crippen molar-refractivity contribution in [1.82, 2.24) is 29.9 Å². The van der Waals surface area contributed by atoms with Gasteiger partial charge in [-0.2, -0.15) is 0 Å². The van der Waals surface area contributed by atoms with Gasteiger partial charge >= 0.3 is 0 Å². The van der Waals surface area contributed by atoms with E-state index in [0.717, 1.165) is 40.6 Å². The standard InChI is InChI=1S/C21H21N7O/c1-29-19-16-6-13(2-3-17(16)24-12-25-19)15-4-5-28-18(15)9-23-20(27-28)26-14-7-21(8-14)10-22-11-21/h2-6,9,12,14,22H,7-8,10-11H2,1H3,(H,26,27). The molecule has 8 heteroatoms. The number of rotatable bonds is 4. The first-order valence-electron chi connectivity index (χ1n) is 9.84. The third-order valence-electron chi connectivity index (χ3n) is 6.21. The lowest BCUT2D eigenvalue weighted by atomic mass is 9.62. The highest BCUT2D eigenvalue weighted by Gasteiger charge is 2.48. The minimum absolute atomic E-state index is 0.470. The third-order valence-corrected chi connectivity index (χ3v) is 6.21. The first-order valence-corrected chi connectivity index (χ1v) is 9.84. The highest BCUT2D eigenvalue weighted by Crippen LogP contribution is 2.45. The molecule has 1 aliphatic heterocycles. The van der Waals surface area contributed by atoms with Crippen molar-refractivity contribution in [3.63, 3.8) is 0 Å². The van der Waals surface area contributed by atoms with Crippen molar-refractivity contribution in [3.05, 3.63) is 43.0 Å². The van der Waals surface area contributed by atoms with E-state index in [0.29, 0.717) is 23.3 Å². The van der Waals surface area contributed by atoms with Crippen LogP contribution in [0.15, 0.2) is 43.0 Å². The summed E-state index contributed by atoms with van der Waals surface area (Å²) in [5.74, 6) is 1.25. The average Bonchev–Trinajstić information content (AvgIpc) is 3.11. The summed E-state index contributed by atoms with van der Waals surface area (Å²) in [4.78, 5) is 13.1. The largest absolute Gasteiger partial charge is 0.480 e. The molecule has 0 atom stereocenters. The number of hydrogen-bond donors (Lipinski definition) is 2. The normalized spacial score (nSPS) is 18.0. The maximum Gasteiger partial charge on any atom is 0.241 e. The molecule has 1 saturated heterocycles. The van der Waals surface area contributed by atoms with E-state index >= 15 is 0 Å². The van der Waals surface area contributed by atoms with Crippen molar-refractivity contribution >= 4 is 22.4 Å². The summed E-state index contributed by atoms with van der Waals surface area (Å²) in [6.45, 7) is 2.29. The van der Waals surface area contributed by atoms with Crippen molar-refractivity contribution in [3.8, 4) is 17.0 Å². The molecule has 4 heterocycles. The molecule has 2 N–H and O–H groups in total. The van der Waals surface area contributed by atoms with Gasteiger partial charge in [-0.15, -0.1) is 5.10 Å². The smallest absolute Gasteiger partial charge is 0.241 e. The first kappa shape index (κ1) is 16.7. The zero-order valence-electron chi connectivity index (χ0n) is 16.1. The molecule has 1 saturated carbocycles. The molecule has 8 nitrogen and oxygen atoms in total. The van der Waals surface area contributed by atoms with E-state index in [9.17, 15) is 0 Å². The molecular weight excluding hydrogens is 366 g/mol. The number of nitrogens with zero attached hydrogens (tertiary/aromatic N) is 5. The van der Waals surface area contributed by atoms with Crippen LogP contribution in [0.3, 0.4) is 0 Å². The van der Waals surface area contributed by atoms with Crippen LogP contribution < -0.4 is 15.4 Å². The second-order valence-corrected chi connectivity index (χ2v) is 8.11. The minimum atomic E-state index is 0.470. The van der Waals surface area contributed by atoms with E-state index in [-0.39, 0.29) is 0 Å². The molecule has 146 valence electrons. The number of ether oxygens (including phenoxy) is 1. The van der Waals surface area contributed by atoms with Crippen LogP contribution in [0.1, 0.15) is 12.8 Å². The Bertz CT molecular complexity index is 1220. The van der Waals surface area contributed by atoms with Gasteiger partial charge in [-0.25, -0.2) is 19.5 Å². The van der Waals surface area contributed by atoms with Crippen molar-refractivity contribution in [2.24, 2.45) is 5.41 Å². The van der Waals surface area contributed by atoms with Crippen molar-refractivity contribution in [2.45, 2.75) is 18.9 Å². The molecule has 0 radical (unpaired) electrons. The van der Waals surface area contributed by atoms with E-state index in [1.165, 1.54) is 19.2 Å². The SMILES string of the molecule is COc1ncnc2ccc(-c3ccn4nc(NC5CC6(CNC6)C5)ncc34)cc12. The van der Waals surface area contributed by atoms with Crippen LogP contribution in [-0.2, 0) is 0 Å². The predicted molar refractivity (Wildman–Crippen MR) is 110 cm³/mol. The maximum absolute atomic E-state index is 5.39. The molecule has 1 aromatic carbocycles. The predicted octanol–water partition coefficient (Wildman–Crippen LogP) is 2.51. The molecule has 29 heavy (non-hydrogen) atoms. The summed E-state index contributed by atoms with van der Waals surface area (Å²) >= 11 is 0. The van der Waals surface area contributed by atoms with E-state index in [1.807, 2.05) is 23.0 Å². The number of nitrogens with one attached hydrogen (secondary N) is 2. The van der Waals surface area contributed by atoms with Crippen LogP contribution in [0.4, 0.5) is 5.95 Å². The fourth-order valence-corrected chi connectivity index (χ4v) is 4.61. The Morgan fingerprint density at radius 3 is 2.86 bits per heavy atom. The van der Waals surface area contributed by atoms with Gasteiger partial charge in [-0.05, 0) is 42.0 Å². The lowest BCUT2D eigenvalue weighted by Crippen LogP contribution is -2.63. The highest BCUT2D eigenvalue weighted by atomic mass is 16.5. The Morgan fingerprint density at radius 2 is 2.07 bits per heavy atom. The number of hydrogen-bond acceptors (Lipinski definition) is 7. The summed E-state index contributed by atoms with van der Waals surface area (Å²) in [5.41, 5.74) is 4.46. The van der Waals surface area contributed by atoms with Crippen LogP contribution in [0.25, 0.3) is 27.5 Å². The third kappa shape index (κ3) is 2.63. The Hall–Kier alpha value is -3.26. The lowest BCUT2D eigenvalue weighted by molar-refractivity contribution is 0.0467. The molecule has 0 bridgehead atoms. The van der Waals surface area contributed by atoms with Gasteiger partial charge in [0.2, 0.25) is 11.8 Å². The first-order chi connectivity index (χ1) is 14.2. The quantitative estimate of drug-likeness (QED) is 0.556. The van der Waals surface area contributed by atoms with Gasteiger partial charge in [0, 0.05) is 30.9 Å². The number of benzene rings is 1. The van der Waals surface area contributed by atoms with E-state index in [1.54, 1.807) is 7.11 Å². The van der Waals surface area contributed by atoms with E-state index in [2.05, 4.69) is 48.9 Å². The van der Waals surface area contributed by atoms with Gasteiger partial charge in [0.1, 0.15) is 6.33 Å². The monoisotopic (exact) mass is 387 g/mol. The Balaban J connectivity index is 1.31. The van der Waals surface area contributed by atoms with Gasteiger partial charge in [-0.3, -0.25) is 0 Å². The zero-order valence-corrected chi connectivity index (χ0v) is 16.1. The molecule has 1 aliphatic carbocycles. The number of aromatic nitrogens is 5. The molecule has 2 fully saturated rings. The topological polar surface area (TPSA) is 89.3 Å². The highest BCUT2D eigenvalue weighted by molar-refractivity contribution is 5.91. The zero-order chi connectivity index (χ0) is 19.4. The molecular formula is C21H21N7O. The molecule has 6 rings (SSSR count). The van der Waals surface area contributed by atoms with Gasteiger partial charge in [-0.1, -0.05) is 6.07 Å². The minimum Gasteiger partial charge on any atom is -0.480 e. The molecule has 0 unspecified atom stereocenters. The van der Waals surface area contributed by atoms with Gasteiger partial charge in [0.05, 0.1) is 29.7 Å². The summed E-state index contributed by atoms with van der Waals surface area (Å²) in [6.07, 6.45) is 7.76. The van der Waals surface area contributed by atoms with Gasteiger partial charge in [0.25, 0.3) is 0 Å². The Kier molecular flexibility index (Phi) is 3.52. The number of methoxy groups -OCH3 is 1. The number of anilines is 1. The van der Waals surface area contributed by atoms with Crippen LogP contribution in [-0.4, -0.2) is 50.8 Å². The molecule has 0 amide bonds. The lowest BCUT2D eigenvalue weighted by Gasteiger charge is -2.54. The van der Waals surface area contributed by atoms with Crippen LogP contribution in [0.5, 0.6) is 5.88 Å². The molecule has 3 aromatic heterocycles. The molecule has 2 aliphatic rings. The number of fused-ring (bicyclic) bond motifs is 2. The fraction of sp³-hybridized carbons (Fsp3) is 0.333. The summed E-state index contributed by atoms with van der Waals surface area (Å²) in [7, 11) is 1.62. The second kappa shape index (κ2) is 6.12. The summed E-state index contributed by atoms with van der Waals surface area (Å²) in [6, 6.07) is 8.62. The van der Waals surface area contributed by atoms with Crippen LogP contribution >= 0.6 is 0 Å². The molecule has 1 spiro atoms. The van der Waals surface area contributed by atoms with Crippen molar-refractivity contribution in [1.29, 1.82) is 0 Å². The molecule has 4 aromatic rings. The van der Waals surface area contributed by atoms with Crippen LogP contribution in [0.2, 0.25) is 0 Å². The van der Waals surface area contributed by atoms with E-state index in [4.69, 9.17) is 4.74 Å². The van der Waals surface area contributed by atoms with Crippen LogP contribution in [0, 0.1) is 5.41 Å². The summed E-state index contributed by atoms with van der Waals surface area (Å²) in [5, 5.41) is 12.4. The summed E-state index contributed by atoms with van der Waals surface area (Å²) < 4.78 is 7.27. The van der Waals surface area contributed by atoms with Crippen molar-refractivity contribution in [2.75, 3.05) is 25.5 Å². The van der Waals surface area contributed by atoms with E-state index < -0.39 is 0 Å². The van der Waals surface area contributed by atoms with Crippen molar-refractivity contribution < 1.29 is 4.74 Å². The second-order valence-electron chi connectivity index (χ2n) is 8.11. The fourth-order valence-electron chi connectivity index (χ4n) is 4.61.